The third-order valence-electron chi connectivity index (χ3n) is 6.80. The van der Waals surface area contributed by atoms with Crippen LogP contribution in [-0.4, -0.2) is 60.7 Å². The van der Waals surface area contributed by atoms with Crippen molar-refractivity contribution in [2.75, 3.05) is 49.6 Å². The smallest absolute Gasteiger partial charge is 0.254 e. The van der Waals surface area contributed by atoms with Crippen LogP contribution >= 0.6 is 0 Å². The zero-order valence-electron chi connectivity index (χ0n) is 20.1. The van der Waals surface area contributed by atoms with Crippen LogP contribution < -0.4 is 9.80 Å². The number of piperazine rings is 1. The highest BCUT2D eigenvalue weighted by atomic mass is 16.5. The lowest BCUT2D eigenvalue weighted by Crippen LogP contribution is -2.45. The van der Waals surface area contributed by atoms with Crippen molar-refractivity contribution in [1.29, 1.82) is 0 Å². The van der Waals surface area contributed by atoms with E-state index >= 15 is 0 Å². The van der Waals surface area contributed by atoms with Gasteiger partial charge in [-0.3, -0.25) is 4.79 Å². The van der Waals surface area contributed by atoms with Crippen LogP contribution in [0.25, 0.3) is 17.2 Å². The minimum atomic E-state index is 0.0736. The van der Waals surface area contributed by atoms with Crippen molar-refractivity contribution in [2.45, 2.75) is 26.7 Å². The van der Waals surface area contributed by atoms with Gasteiger partial charge < -0.3 is 19.2 Å². The number of carbonyl (C=O) groups is 1. The summed E-state index contributed by atoms with van der Waals surface area (Å²) in [5.41, 5.74) is 5.71. The average molecular weight is 458 g/mol. The standard InChI is InChI=1S/C27H31N5O2/c1-19-25(20(2)34-29-19)21-8-10-24(11-9-21)32-13-5-7-23(27(32)33)18-22-6-4-12-28-26(22)31-16-14-30(3)15-17-31/h4,6,8-12,18H,5,7,13-17H2,1-3H3/b23-18+. The summed E-state index contributed by atoms with van der Waals surface area (Å²) in [7, 11) is 2.15. The van der Waals surface area contributed by atoms with Crippen molar-refractivity contribution in [3.05, 3.63) is 65.2 Å². The third kappa shape index (κ3) is 4.35. The van der Waals surface area contributed by atoms with Crippen LogP contribution in [0.3, 0.4) is 0 Å². The zero-order valence-corrected chi connectivity index (χ0v) is 20.1. The molecule has 7 heteroatoms. The number of pyridine rings is 1. The first-order valence-electron chi connectivity index (χ1n) is 12.0. The fraction of sp³-hybridized carbons (Fsp3) is 0.370. The predicted molar refractivity (Wildman–Crippen MR) is 135 cm³/mol. The summed E-state index contributed by atoms with van der Waals surface area (Å²) in [6.07, 6.45) is 5.61. The van der Waals surface area contributed by atoms with E-state index in [9.17, 15) is 4.79 Å². The molecular formula is C27H31N5O2. The number of amides is 1. The second kappa shape index (κ2) is 9.43. The second-order valence-corrected chi connectivity index (χ2v) is 9.18. The van der Waals surface area contributed by atoms with Gasteiger partial charge >= 0.3 is 0 Å². The van der Waals surface area contributed by atoms with Gasteiger partial charge in [-0.1, -0.05) is 17.3 Å². The van der Waals surface area contributed by atoms with E-state index in [-0.39, 0.29) is 5.91 Å². The maximum atomic E-state index is 13.5. The number of nitrogens with zero attached hydrogens (tertiary/aromatic N) is 5. The Bertz CT molecular complexity index is 1190. The monoisotopic (exact) mass is 457 g/mol. The van der Waals surface area contributed by atoms with Crippen molar-refractivity contribution in [3.63, 3.8) is 0 Å². The Kier molecular flexibility index (Phi) is 6.20. The Hall–Kier alpha value is -3.45. The van der Waals surface area contributed by atoms with Crippen molar-refractivity contribution in [1.82, 2.24) is 15.0 Å². The molecule has 0 atom stereocenters. The van der Waals surface area contributed by atoms with Crippen LogP contribution in [0, 0.1) is 13.8 Å². The van der Waals surface area contributed by atoms with Crippen LogP contribution in [0.15, 0.2) is 52.7 Å². The molecule has 0 unspecified atom stereocenters. The Morgan fingerprint density at radius 1 is 1.00 bits per heavy atom. The summed E-state index contributed by atoms with van der Waals surface area (Å²) in [5.74, 6) is 1.85. The van der Waals surface area contributed by atoms with Crippen molar-refractivity contribution < 1.29 is 9.32 Å². The highest BCUT2D eigenvalue weighted by Gasteiger charge is 2.26. The van der Waals surface area contributed by atoms with Crippen molar-refractivity contribution in [3.8, 4) is 11.1 Å². The van der Waals surface area contributed by atoms with E-state index in [4.69, 9.17) is 4.52 Å². The molecule has 2 aliphatic heterocycles. The molecule has 2 saturated heterocycles. The summed E-state index contributed by atoms with van der Waals surface area (Å²) in [5, 5.41) is 4.05. The minimum Gasteiger partial charge on any atom is -0.361 e. The number of likely N-dealkylation sites (N-methyl/N-ethyl adjacent to an activating group) is 1. The summed E-state index contributed by atoms with van der Waals surface area (Å²) in [4.78, 5) is 24.7. The lowest BCUT2D eigenvalue weighted by molar-refractivity contribution is -0.115. The lowest BCUT2D eigenvalue weighted by Gasteiger charge is -2.34. The number of piperidine rings is 1. The van der Waals surface area contributed by atoms with E-state index in [0.717, 1.165) is 90.8 Å². The van der Waals surface area contributed by atoms with Gasteiger partial charge in [0.15, 0.2) is 0 Å². The summed E-state index contributed by atoms with van der Waals surface area (Å²) < 4.78 is 5.31. The van der Waals surface area contributed by atoms with Gasteiger partial charge in [-0.15, -0.1) is 0 Å². The van der Waals surface area contributed by atoms with E-state index in [1.807, 2.05) is 61.4 Å². The molecule has 0 N–H and O–H groups in total. The summed E-state index contributed by atoms with van der Waals surface area (Å²) >= 11 is 0. The first-order chi connectivity index (χ1) is 16.5. The molecule has 0 spiro atoms. The molecule has 5 rings (SSSR count). The molecule has 34 heavy (non-hydrogen) atoms. The molecule has 7 nitrogen and oxygen atoms in total. The topological polar surface area (TPSA) is 65.7 Å². The largest absolute Gasteiger partial charge is 0.361 e. The third-order valence-corrected chi connectivity index (χ3v) is 6.80. The number of benzene rings is 1. The van der Waals surface area contributed by atoms with Gasteiger partial charge in [-0.05, 0) is 69.6 Å². The van der Waals surface area contributed by atoms with Gasteiger partial charge in [0.05, 0.1) is 5.69 Å². The molecule has 3 aromatic rings. The number of aromatic nitrogens is 2. The van der Waals surface area contributed by atoms with Gasteiger partial charge in [0.2, 0.25) is 0 Å². The Morgan fingerprint density at radius 2 is 1.76 bits per heavy atom. The van der Waals surface area contributed by atoms with Gasteiger partial charge in [-0.25, -0.2) is 4.98 Å². The predicted octanol–water partition coefficient (Wildman–Crippen LogP) is 4.32. The van der Waals surface area contributed by atoms with E-state index in [2.05, 4.69) is 33.1 Å². The first-order valence-corrected chi connectivity index (χ1v) is 12.0. The quantitative estimate of drug-likeness (QED) is 0.544. The van der Waals surface area contributed by atoms with Crippen LogP contribution in [0.1, 0.15) is 29.9 Å². The zero-order chi connectivity index (χ0) is 23.7. The fourth-order valence-electron chi connectivity index (χ4n) is 4.89. The number of anilines is 2. The van der Waals surface area contributed by atoms with Gasteiger partial charge in [0.1, 0.15) is 11.6 Å². The fourth-order valence-corrected chi connectivity index (χ4v) is 4.89. The molecule has 2 aliphatic rings. The Labute approximate surface area is 200 Å². The van der Waals surface area contributed by atoms with Crippen molar-refractivity contribution >= 4 is 23.5 Å². The van der Waals surface area contributed by atoms with E-state index in [0.29, 0.717) is 0 Å². The second-order valence-electron chi connectivity index (χ2n) is 9.18. The Balaban J connectivity index is 1.39. The number of rotatable bonds is 4. The lowest BCUT2D eigenvalue weighted by atomic mass is 9.99. The molecule has 0 saturated carbocycles. The summed E-state index contributed by atoms with van der Waals surface area (Å²) in [6, 6.07) is 12.1. The summed E-state index contributed by atoms with van der Waals surface area (Å²) in [6.45, 7) is 8.51. The molecule has 0 bridgehead atoms. The Morgan fingerprint density at radius 3 is 2.47 bits per heavy atom. The van der Waals surface area contributed by atoms with E-state index in [1.54, 1.807) is 0 Å². The molecular weight excluding hydrogens is 426 g/mol. The van der Waals surface area contributed by atoms with Gasteiger partial charge in [0.25, 0.3) is 5.91 Å². The molecule has 0 radical (unpaired) electrons. The molecule has 0 aliphatic carbocycles. The number of hydrogen-bond acceptors (Lipinski definition) is 6. The average Bonchev–Trinajstić information content (AvgIpc) is 3.19. The van der Waals surface area contributed by atoms with Gasteiger partial charge in [-0.2, -0.15) is 0 Å². The molecule has 2 fully saturated rings. The number of aryl methyl sites for hydroxylation is 2. The molecule has 4 heterocycles. The van der Waals surface area contributed by atoms with Gasteiger partial charge in [0, 0.05) is 61.3 Å². The molecule has 2 aromatic heterocycles. The highest BCUT2D eigenvalue weighted by Crippen LogP contribution is 2.31. The maximum Gasteiger partial charge on any atom is 0.254 e. The molecule has 176 valence electrons. The minimum absolute atomic E-state index is 0.0736. The molecule has 1 aromatic carbocycles. The molecule has 1 amide bonds. The van der Waals surface area contributed by atoms with Crippen LogP contribution in [0.2, 0.25) is 0 Å². The van der Waals surface area contributed by atoms with E-state index in [1.165, 1.54) is 0 Å². The van der Waals surface area contributed by atoms with Crippen LogP contribution in [-0.2, 0) is 4.79 Å². The van der Waals surface area contributed by atoms with E-state index < -0.39 is 0 Å². The van der Waals surface area contributed by atoms with Crippen molar-refractivity contribution in [2.24, 2.45) is 0 Å². The number of hydrogen-bond donors (Lipinski definition) is 0. The highest BCUT2D eigenvalue weighted by molar-refractivity contribution is 6.09. The normalized spacial score (nSPS) is 18.7. The van der Waals surface area contributed by atoms with Crippen LogP contribution in [0.5, 0.6) is 0 Å². The first kappa shape index (κ1) is 22.3. The SMILES string of the molecule is Cc1noc(C)c1-c1ccc(N2CCC/C(=C\c3cccnc3N3CCN(C)CC3)C2=O)cc1. The maximum absolute atomic E-state index is 13.5. The number of carbonyl (C=O) groups excluding carboxylic acids is 1. The van der Waals surface area contributed by atoms with Crippen LogP contribution in [0.4, 0.5) is 11.5 Å².